The van der Waals surface area contributed by atoms with Crippen LogP contribution in [0, 0.1) is 3.57 Å². The number of fused-ring (bicyclic) bond motifs is 1. The van der Waals surface area contributed by atoms with Crippen LogP contribution in [0.3, 0.4) is 0 Å². The van der Waals surface area contributed by atoms with Gasteiger partial charge in [0.15, 0.2) is 0 Å². The normalized spacial score (nSPS) is 16.8. The Morgan fingerprint density at radius 2 is 2.10 bits per heavy atom. The average molecular weight is 407 g/mol. The number of carboxylic acid groups (broad SMARTS) is 1. The maximum absolute atomic E-state index is 10.9. The van der Waals surface area contributed by atoms with Crippen molar-refractivity contribution in [1.82, 2.24) is 19.4 Å². The molecule has 0 bridgehead atoms. The molecule has 6 nitrogen and oxygen atoms in total. The van der Waals surface area contributed by atoms with Crippen molar-refractivity contribution in [1.29, 1.82) is 0 Å². The molecule has 3 rings (SSSR count). The van der Waals surface area contributed by atoms with Crippen LogP contribution in [0.15, 0.2) is 12.5 Å². The second kappa shape index (κ2) is 5.36. The van der Waals surface area contributed by atoms with Crippen LogP contribution in [-0.2, 0) is 0 Å². The highest BCUT2D eigenvalue weighted by Crippen LogP contribution is 2.32. The summed E-state index contributed by atoms with van der Waals surface area (Å²) in [6.45, 7) is 1.10. The summed E-state index contributed by atoms with van der Waals surface area (Å²) in [5.74, 6) is 0. The monoisotopic (exact) mass is 406 g/mol. The second-order valence-electron chi connectivity index (χ2n) is 4.75. The van der Waals surface area contributed by atoms with Crippen LogP contribution in [0.1, 0.15) is 18.9 Å². The van der Waals surface area contributed by atoms with Crippen molar-refractivity contribution in [2.75, 3.05) is 13.1 Å². The van der Waals surface area contributed by atoms with Gasteiger partial charge in [0.1, 0.15) is 17.1 Å². The van der Waals surface area contributed by atoms with Crippen LogP contribution >= 0.6 is 34.2 Å². The third kappa shape index (κ3) is 2.32. The van der Waals surface area contributed by atoms with E-state index in [2.05, 4.69) is 37.1 Å². The zero-order valence-electron chi connectivity index (χ0n) is 10.5. The van der Waals surface area contributed by atoms with Crippen molar-refractivity contribution >= 4 is 51.3 Å². The fourth-order valence-corrected chi connectivity index (χ4v) is 3.80. The molecular formula is C12H12ClIN4O2. The van der Waals surface area contributed by atoms with Crippen LogP contribution in [0.4, 0.5) is 4.79 Å². The first-order valence-corrected chi connectivity index (χ1v) is 7.68. The van der Waals surface area contributed by atoms with Crippen LogP contribution < -0.4 is 0 Å². The van der Waals surface area contributed by atoms with Gasteiger partial charge in [-0.1, -0.05) is 11.6 Å². The van der Waals surface area contributed by atoms with E-state index < -0.39 is 6.09 Å². The zero-order chi connectivity index (χ0) is 14.3. The molecule has 2 aromatic heterocycles. The van der Waals surface area contributed by atoms with E-state index in [1.807, 2.05) is 6.20 Å². The molecule has 0 atom stereocenters. The number of likely N-dealkylation sites (tertiary alicyclic amines) is 1. The Kier molecular flexibility index (Phi) is 3.72. The van der Waals surface area contributed by atoms with Crippen molar-refractivity contribution in [2.24, 2.45) is 0 Å². The summed E-state index contributed by atoms with van der Waals surface area (Å²) in [6.07, 6.45) is 4.21. The summed E-state index contributed by atoms with van der Waals surface area (Å²) < 4.78 is 3.12. The molecule has 2 aromatic rings. The first-order valence-electron chi connectivity index (χ1n) is 6.22. The summed E-state index contributed by atoms with van der Waals surface area (Å²) in [6, 6.07) is 0.252. The van der Waals surface area contributed by atoms with Crippen LogP contribution in [0.2, 0.25) is 5.15 Å². The van der Waals surface area contributed by atoms with Crippen molar-refractivity contribution in [3.8, 4) is 0 Å². The second-order valence-corrected chi connectivity index (χ2v) is 6.27. The predicted octanol–water partition coefficient (Wildman–Crippen LogP) is 3.00. The van der Waals surface area contributed by atoms with E-state index >= 15 is 0 Å². The molecular weight excluding hydrogens is 395 g/mol. The van der Waals surface area contributed by atoms with Crippen molar-refractivity contribution in [3.05, 3.63) is 21.2 Å². The fourth-order valence-electron chi connectivity index (χ4n) is 2.62. The van der Waals surface area contributed by atoms with Crippen molar-refractivity contribution < 1.29 is 9.90 Å². The van der Waals surface area contributed by atoms with Gasteiger partial charge >= 0.3 is 6.09 Å². The first kappa shape index (κ1) is 13.9. The number of hydrogen-bond acceptors (Lipinski definition) is 3. The minimum Gasteiger partial charge on any atom is -0.465 e. The third-order valence-corrected chi connectivity index (χ3v) is 4.75. The first-order chi connectivity index (χ1) is 9.58. The van der Waals surface area contributed by atoms with E-state index in [1.165, 1.54) is 11.2 Å². The van der Waals surface area contributed by atoms with E-state index in [-0.39, 0.29) is 6.04 Å². The molecule has 0 saturated carbocycles. The quantitative estimate of drug-likeness (QED) is 0.584. The molecule has 0 aliphatic carbocycles. The summed E-state index contributed by atoms with van der Waals surface area (Å²) >= 11 is 8.35. The van der Waals surface area contributed by atoms with E-state index in [1.54, 1.807) is 0 Å². The van der Waals surface area contributed by atoms with Gasteiger partial charge in [0.2, 0.25) is 0 Å². The van der Waals surface area contributed by atoms with Gasteiger partial charge < -0.3 is 14.6 Å². The molecule has 0 radical (unpaired) electrons. The Balaban J connectivity index is 1.92. The lowest BCUT2D eigenvalue weighted by Gasteiger charge is -2.31. The van der Waals surface area contributed by atoms with Crippen LogP contribution in [0.25, 0.3) is 11.0 Å². The van der Waals surface area contributed by atoms with E-state index in [0.717, 1.165) is 27.4 Å². The van der Waals surface area contributed by atoms with Crippen LogP contribution in [-0.4, -0.2) is 43.7 Å². The van der Waals surface area contributed by atoms with E-state index in [9.17, 15) is 4.79 Å². The molecule has 8 heteroatoms. The summed E-state index contributed by atoms with van der Waals surface area (Å²) in [5, 5.41) is 10.3. The van der Waals surface area contributed by atoms with Crippen molar-refractivity contribution in [2.45, 2.75) is 18.9 Å². The molecule has 0 unspecified atom stereocenters. The number of piperidine rings is 1. The summed E-state index contributed by atoms with van der Waals surface area (Å²) in [5.41, 5.74) is 0.822. The molecule has 0 spiro atoms. The lowest BCUT2D eigenvalue weighted by molar-refractivity contribution is 0.126. The average Bonchev–Trinajstić information content (AvgIpc) is 2.77. The molecule has 20 heavy (non-hydrogen) atoms. The molecule has 1 N–H and O–H groups in total. The van der Waals surface area contributed by atoms with Crippen molar-refractivity contribution in [3.63, 3.8) is 0 Å². The highest BCUT2D eigenvalue weighted by atomic mass is 127. The Labute approximate surface area is 133 Å². The molecule has 0 aromatic carbocycles. The van der Waals surface area contributed by atoms with Crippen LogP contribution in [0.5, 0.6) is 0 Å². The molecule has 106 valence electrons. The smallest absolute Gasteiger partial charge is 0.407 e. The lowest BCUT2D eigenvalue weighted by Crippen LogP contribution is -2.38. The van der Waals surface area contributed by atoms with E-state index in [4.69, 9.17) is 16.7 Å². The topological polar surface area (TPSA) is 71.2 Å². The SMILES string of the molecule is O=C(O)N1CCC(n2cc(I)c3c(Cl)ncnc32)CC1. The summed E-state index contributed by atoms with van der Waals surface area (Å²) in [7, 11) is 0. The number of nitrogens with zero attached hydrogens (tertiary/aromatic N) is 4. The van der Waals surface area contributed by atoms with Gasteiger partial charge in [0.05, 0.1) is 5.39 Å². The van der Waals surface area contributed by atoms with Gasteiger partial charge in [0, 0.05) is 28.9 Å². The molecule has 1 amide bonds. The zero-order valence-corrected chi connectivity index (χ0v) is 13.4. The van der Waals surface area contributed by atoms with Gasteiger partial charge in [-0.15, -0.1) is 0 Å². The minimum absolute atomic E-state index is 0.252. The number of rotatable bonds is 1. The van der Waals surface area contributed by atoms with Gasteiger partial charge in [-0.05, 0) is 35.4 Å². The Morgan fingerprint density at radius 1 is 1.40 bits per heavy atom. The number of carbonyl (C=O) groups is 1. The Bertz CT molecular complexity index is 667. The number of halogens is 2. The maximum Gasteiger partial charge on any atom is 0.407 e. The lowest BCUT2D eigenvalue weighted by atomic mass is 10.1. The molecule has 1 fully saturated rings. The highest BCUT2D eigenvalue weighted by molar-refractivity contribution is 14.1. The number of amides is 1. The molecule has 3 heterocycles. The maximum atomic E-state index is 10.9. The van der Waals surface area contributed by atoms with Gasteiger partial charge in [-0.25, -0.2) is 14.8 Å². The number of aromatic nitrogens is 3. The van der Waals surface area contributed by atoms with Gasteiger partial charge in [-0.2, -0.15) is 0 Å². The molecule has 1 aliphatic heterocycles. The molecule has 1 saturated heterocycles. The van der Waals surface area contributed by atoms with Gasteiger partial charge in [0.25, 0.3) is 0 Å². The summed E-state index contributed by atoms with van der Waals surface area (Å²) in [4.78, 5) is 20.7. The minimum atomic E-state index is -0.847. The molecule has 1 aliphatic rings. The third-order valence-electron chi connectivity index (χ3n) is 3.65. The highest BCUT2D eigenvalue weighted by Gasteiger charge is 2.25. The van der Waals surface area contributed by atoms with Gasteiger partial charge in [-0.3, -0.25) is 0 Å². The fraction of sp³-hybridized carbons (Fsp3) is 0.417. The Hall–Kier alpha value is -1.09. The Morgan fingerprint density at radius 3 is 2.75 bits per heavy atom. The number of hydrogen-bond donors (Lipinski definition) is 1. The van der Waals surface area contributed by atoms with E-state index in [0.29, 0.717) is 18.2 Å². The predicted molar refractivity (Wildman–Crippen MR) is 83.1 cm³/mol. The standard InChI is InChI=1S/C12H12ClIN4O2/c13-10-9-8(14)5-18(11(9)16-6-15-10)7-1-3-17(4-2-7)12(19)20/h5-7H,1-4H2,(H,19,20). The largest absolute Gasteiger partial charge is 0.465 e.